The highest BCUT2D eigenvalue weighted by Gasteiger charge is 2.31. The number of amides is 1. The number of pyridine rings is 1. The molecule has 1 saturated heterocycles. The first-order valence-electron chi connectivity index (χ1n) is 9.20. The smallest absolute Gasteiger partial charge is 0.251 e. The molecule has 0 aliphatic carbocycles. The zero-order chi connectivity index (χ0) is 19.4. The van der Waals surface area contributed by atoms with Gasteiger partial charge in [-0.15, -0.1) is 0 Å². The number of benzene rings is 1. The molecular weight excluding hydrogens is 362 g/mol. The number of aromatic nitrogens is 1. The number of piperidine rings is 1. The third-order valence-corrected chi connectivity index (χ3v) is 6.97. The summed E-state index contributed by atoms with van der Waals surface area (Å²) in [5, 5.41) is 2.81. The van der Waals surface area contributed by atoms with Crippen molar-refractivity contribution < 1.29 is 13.2 Å². The number of hydrogen-bond acceptors (Lipinski definition) is 4. The van der Waals surface area contributed by atoms with Gasteiger partial charge in [0.25, 0.3) is 5.91 Å². The second-order valence-corrected chi connectivity index (χ2v) is 8.83. The number of nitrogens with one attached hydrogen (secondary N) is 1. The molecule has 1 amide bonds. The molecule has 6 nitrogen and oxygen atoms in total. The van der Waals surface area contributed by atoms with E-state index in [0.29, 0.717) is 18.7 Å². The summed E-state index contributed by atoms with van der Waals surface area (Å²) in [6, 6.07) is 10.2. The van der Waals surface area contributed by atoms with E-state index in [9.17, 15) is 13.2 Å². The molecule has 1 atom stereocenters. The normalized spacial score (nSPS) is 18.2. The topological polar surface area (TPSA) is 79.4 Å². The molecule has 2 heterocycles. The summed E-state index contributed by atoms with van der Waals surface area (Å²) in [5.41, 5.74) is 1.85. The van der Waals surface area contributed by atoms with Crippen LogP contribution in [0.15, 0.2) is 47.5 Å². The minimum atomic E-state index is -3.61. The van der Waals surface area contributed by atoms with Crippen LogP contribution in [0.25, 0.3) is 0 Å². The largest absolute Gasteiger partial charge is 0.346 e. The minimum absolute atomic E-state index is 0.0218. The SMILES string of the molecule is Cc1ccc(S(=O)(=O)N2CCCCC2C)cc1C(=O)NCc1ccccn1. The van der Waals surface area contributed by atoms with Crippen molar-refractivity contribution in [3.05, 3.63) is 59.4 Å². The number of nitrogens with zero attached hydrogens (tertiary/aromatic N) is 2. The maximum Gasteiger partial charge on any atom is 0.251 e. The molecule has 1 aromatic heterocycles. The molecule has 0 radical (unpaired) electrons. The molecule has 2 aromatic rings. The Morgan fingerprint density at radius 2 is 2.07 bits per heavy atom. The van der Waals surface area contributed by atoms with E-state index in [2.05, 4.69) is 10.3 Å². The average molecular weight is 388 g/mol. The van der Waals surface area contributed by atoms with E-state index in [1.165, 1.54) is 6.07 Å². The zero-order valence-electron chi connectivity index (χ0n) is 15.7. The first kappa shape index (κ1) is 19.5. The van der Waals surface area contributed by atoms with E-state index < -0.39 is 10.0 Å². The zero-order valence-corrected chi connectivity index (χ0v) is 16.5. The highest BCUT2D eigenvalue weighted by atomic mass is 32.2. The Labute approximate surface area is 160 Å². The van der Waals surface area contributed by atoms with Crippen LogP contribution in [0.3, 0.4) is 0 Å². The van der Waals surface area contributed by atoms with Crippen LogP contribution in [0.2, 0.25) is 0 Å². The third kappa shape index (κ3) is 4.36. The molecular formula is C20H25N3O3S. The molecule has 1 aliphatic heterocycles. The summed E-state index contributed by atoms with van der Waals surface area (Å²) < 4.78 is 27.6. The van der Waals surface area contributed by atoms with E-state index in [1.54, 1.807) is 29.6 Å². The predicted octanol–water partition coefficient (Wildman–Crippen LogP) is 2.88. The lowest BCUT2D eigenvalue weighted by Crippen LogP contribution is -2.42. The van der Waals surface area contributed by atoms with Crippen LogP contribution in [-0.2, 0) is 16.6 Å². The van der Waals surface area contributed by atoms with Crippen LogP contribution < -0.4 is 5.32 Å². The number of carbonyl (C=O) groups excluding carboxylic acids is 1. The second-order valence-electron chi connectivity index (χ2n) is 6.94. The number of aryl methyl sites for hydroxylation is 1. The van der Waals surface area contributed by atoms with Crippen molar-refractivity contribution in [3.63, 3.8) is 0 Å². The molecule has 7 heteroatoms. The van der Waals surface area contributed by atoms with Gasteiger partial charge in [0.1, 0.15) is 0 Å². The van der Waals surface area contributed by atoms with Gasteiger partial charge in [-0.25, -0.2) is 8.42 Å². The molecule has 0 saturated carbocycles. The van der Waals surface area contributed by atoms with Crippen LogP contribution in [0.5, 0.6) is 0 Å². The van der Waals surface area contributed by atoms with Gasteiger partial charge in [0.05, 0.1) is 17.1 Å². The first-order chi connectivity index (χ1) is 12.9. The Hall–Kier alpha value is -2.25. The maximum atomic E-state index is 13.0. The van der Waals surface area contributed by atoms with Gasteiger partial charge in [-0.1, -0.05) is 18.6 Å². The summed E-state index contributed by atoms with van der Waals surface area (Å²) in [7, 11) is -3.61. The van der Waals surface area contributed by atoms with Gasteiger partial charge in [0.2, 0.25) is 10.0 Å². The number of rotatable bonds is 5. The predicted molar refractivity (Wildman–Crippen MR) is 104 cm³/mol. The lowest BCUT2D eigenvalue weighted by molar-refractivity contribution is 0.0949. The van der Waals surface area contributed by atoms with E-state index in [4.69, 9.17) is 0 Å². The van der Waals surface area contributed by atoms with Crippen molar-refractivity contribution in [2.24, 2.45) is 0 Å². The van der Waals surface area contributed by atoms with E-state index in [-0.39, 0.29) is 16.8 Å². The summed E-state index contributed by atoms with van der Waals surface area (Å²) in [5.74, 6) is -0.304. The maximum absolute atomic E-state index is 13.0. The monoisotopic (exact) mass is 387 g/mol. The van der Waals surface area contributed by atoms with Crippen LogP contribution in [-0.4, -0.2) is 36.2 Å². The van der Waals surface area contributed by atoms with Crippen molar-refractivity contribution >= 4 is 15.9 Å². The molecule has 0 bridgehead atoms. The summed E-state index contributed by atoms with van der Waals surface area (Å²) in [4.78, 5) is 17.0. The number of carbonyl (C=O) groups is 1. The Balaban J connectivity index is 1.82. The molecule has 1 unspecified atom stereocenters. The Kier molecular flexibility index (Phi) is 5.92. The molecule has 1 fully saturated rings. The van der Waals surface area contributed by atoms with Gasteiger partial charge in [-0.2, -0.15) is 4.31 Å². The fourth-order valence-corrected chi connectivity index (χ4v) is 5.07. The van der Waals surface area contributed by atoms with Crippen LogP contribution in [0.1, 0.15) is 47.8 Å². The molecule has 3 rings (SSSR count). The van der Waals surface area contributed by atoms with Crippen molar-refractivity contribution in [1.29, 1.82) is 0 Å². The standard InChI is InChI=1S/C20H25N3O3S/c1-15-9-10-18(27(25,26)23-12-6-4-7-16(23)2)13-19(15)20(24)22-14-17-8-3-5-11-21-17/h3,5,8-11,13,16H,4,6-7,12,14H2,1-2H3,(H,22,24). The van der Waals surface area contributed by atoms with Crippen molar-refractivity contribution in [2.45, 2.75) is 50.6 Å². The van der Waals surface area contributed by atoms with E-state index in [0.717, 1.165) is 30.5 Å². The van der Waals surface area contributed by atoms with Crippen molar-refractivity contribution in [3.8, 4) is 0 Å². The Morgan fingerprint density at radius 3 is 2.78 bits per heavy atom. The average Bonchev–Trinajstić information content (AvgIpc) is 2.67. The molecule has 144 valence electrons. The second kappa shape index (κ2) is 8.19. The van der Waals surface area contributed by atoms with Crippen LogP contribution >= 0.6 is 0 Å². The fourth-order valence-electron chi connectivity index (χ4n) is 3.34. The third-order valence-electron chi connectivity index (χ3n) is 4.96. The number of sulfonamides is 1. The van der Waals surface area contributed by atoms with Gasteiger partial charge < -0.3 is 5.32 Å². The highest BCUT2D eigenvalue weighted by molar-refractivity contribution is 7.89. The lowest BCUT2D eigenvalue weighted by atomic mass is 10.1. The summed E-state index contributed by atoms with van der Waals surface area (Å²) >= 11 is 0. The van der Waals surface area contributed by atoms with Gasteiger partial charge in [-0.05, 0) is 56.5 Å². The molecule has 1 aliphatic rings. The first-order valence-corrected chi connectivity index (χ1v) is 10.6. The summed E-state index contributed by atoms with van der Waals surface area (Å²) in [6.07, 6.45) is 4.44. The van der Waals surface area contributed by atoms with Gasteiger partial charge in [0.15, 0.2) is 0 Å². The van der Waals surface area contributed by atoms with Gasteiger partial charge >= 0.3 is 0 Å². The molecule has 0 spiro atoms. The van der Waals surface area contributed by atoms with E-state index >= 15 is 0 Å². The highest BCUT2D eigenvalue weighted by Crippen LogP contribution is 2.26. The van der Waals surface area contributed by atoms with Crippen LogP contribution in [0.4, 0.5) is 0 Å². The lowest BCUT2D eigenvalue weighted by Gasteiger charge is -2.32. The van der Waals surface area contributed by atoms with Gasteiger partial charge in [0, 0.05) is 24.3 Å². The number of hydrogen-bond donors (Lipinski definition) is 1. The molecule has 1 aromatic carbocycles. The molecule has 1 N–H and O–H groups in total. The van der Waals surface area contributed by atoms with Crippen LogP contribution in [0, 0.1) is 6.92 Å². The van der Waals surface area contributed by atoms with Gasteiger partial charge in [-0.3, -0.25) is 9.78 Å². The quantitative estimate of drug-likeness (QED) is 0.856. The Bertz CT molecular complexity index is 913. The molecule has 27 heavy (non-hydrogen) atoms. The fraction of sp³-hybridized carbons (Fsp3) is 0.400. The summed E-state index contributed by atoms with van der Waals surface area (Å²) in [6.45, 7) is 4.55. The Morgan fingerprint density at radius 1 is 1.26 bits per heavy atom. The minimum Gasteiger partial charge on any atom is -0.346 e. The van der Waals surface area contributed by atoms with Crippen molar-refractivity contribution in [2.75, 3.05) is 6.54 Å². The van der Waals surface area contributed by atoms with Crippen molar-refractivity contribution in [1.82, 2.24) is 14.6 Å². The van der Waals surface area contributed by atoms with E-state index in [1.807, 2.05) is 25.1 Å².